The van der Waals surface area contributed by atoms with E-state index in [2.05, 4.69) is 5.32 Å². The first-order chi connectivity index (χ1) is 14.4. The molecule has 2 N–H and O–H groups in total. The smallest absolute Gasteiger partial charge is 0.254 e. The molecule has 0 aliphatic carbocycles. The van der Waals surface area contributed by atoms with E-state index in [0.717, 1.165) is 6.42 Å². The molecule has 2 amide bonds. The van der Waals surface area contributed by atoms with Gasteiger partial charge in [-0.1, -0.05) is 30.1 Å². The SMILES string of the molecule is CCCNC(=O)C[C@H]1CC[C@@H]2[C@H](COC[C@H](O)CN2C(=O)c2cc(Cl)cc(Cl)c2)O1. The Morgan fingerprint density at radius 1 is 1.20 bits per heavy atom. The summed E-state index contributed by atoms with van der Waals surface area (Å²) < 4.78 is 11.8. The van der Waals surface area contributed by atoms with Crippen molar-refractivity contribution in [3.63, 3.8) is 0 Å². The van der Waals surface area contributed by atoms with Crippen LogP contribution in [0.15, 0.2) is 18.2 Å². The van der Waals surface area contributed by atoms with Gasteiger partial charge in [0.25, 0.3) is 5.91 Å². The molecule has 0 spiro atoms. The normalized spacial score (nSPS) is 27.0. The van der Waals surface area contributed by atoms with Crippen molar-refractivity contribution in [2.24, 2.45) is 0 Å². The minimum Gasteiger partial charge on any atom is -0.389 e. The van der Waals surface area contributed by atoms with E-state index in [1.807, 2.05) is 6.92 Å². The molecular formula is C21H28Cl2N2O5. The lowest BCUT2D eigenvalue weighted by Gasteiger charge is -2.44. The third kappa shape index (κ3) is 6.08. The van der Waals surface area contributed by atoms with E-state index in [1.165, 1.54) is 0 Å². The lowest BCUT2D eigenvalue weighted by atomic mass is 9.94. The first-order valence-corrected chi connectivity index (χ1v) is 11.1. The molecule has 1 aromatic carbocycles. The number of benzene rings is 1. The van der Waals surface area contributed by atoms with Crippen LogP contribution >= 0.6 is 23.2 Å². The van der Waals surface area contributed by atoms with Crippen molar-refractivity contribution in [3.05, 3.63) is 33.8 Å². The molecule has 2 heterocycles. The zero-order chi connectivity index (χ0) is 21.7. The number of aliphatic hydroxyl groups is 1. The van der Waals surface area contributed by atoms with Crippen molar-refractivity contribution in [1.29, 1.82) is 0 Å². The lowest BCUT2D eigenvalue weighted by Crippen LogP contribution is -2.57. The fourth-order valence-corrected chi connectivity index (χ4v) is 4.49. The van der Waals surface area contributed by atoms with Gasteiger partial charge in [-0.3, -0.25) is 9.59 Å². The number of carbonyl (C=O) groups excluding carboxylic acids is 2. The Kier molecular flexibility index (Phi) is 8.36. The highest BCUT2D eigenvalue weighted by atomic mass is 35.5. The van der Waals surface area contributed by atoms with Gasteiger partial charge in [0.1, 0.15) is 6.10 Å². The largest absolute Gasteiger partial charge is 0.389 e. The monoisotopic (exact) mass is 458 g/mol. The van der Waals surface area contributed by atoms with Crippen molar-refractivity contribution in [2.45, 2.75) is 57.0 Å². The maximum atomic E-state index is 13.3. The molecule has 1 aromatic rings. The molecular weight excluding hydrogens is 431 g/mol. The molecule has 30 heavy (non-hydrogen) atoms. The van der Waals surface area contributed by atoms with Crippen LogP contribution in [-0.4, -0.2) is 72.5 Å². The average Bonchev–Trinajstić information content (AvgIpc) is 2.68. The van der Waals surface area contributed by atoms with Crippen LogP contribution in [0.2, 0.25) is 10.0 Å². The fourth-order valence-electron chi connectivity index (χ4n) is 3.96. The first-order valence-electron chi connectivity index (χ1n) is 10.3. The van der Waals surface area contributed by atoms with Crippen LogP contribution in [0.1, 0.15) is 43.0 Å². The molecule has 0 saturated carbocycles. The van der Waals surface area contributed by atoms with Crippen LogP contribution in [0.5, 0.6) is 0 Å². The van der Waals surface area contributed by atoms with Gasteiger partial charge in [-0.05, 0) is 37.5 Å². The summed E-state index contributed by atoms with van der Waals surface area (Å²) in [4.78, 5) is 27.0. The van der Waals surface area contributed by atoms with Crippen LogP contribution in [0.25, 0.3) is 0 Å². The van der Waals surface area contributed by atoms with Crippen LogP contribution in [0.4, 0.5) is 0 Å². The van der Waals surface area contributed by atoms with Crippen molar-refractivity contribution in [1.82, 2.24) is 10.2 Å². The first kappa shape index (κ1) is 23.3. The molecule has 4 atom stereocenters. The number of hydrogen-bond acceptors (Lipinski definition) is 5. The maximum absolute atomic E-state index is 13.3. The summed E-state index contributed by atoms with van der Waals surface area (Å²) in [6.07, 6.45) is 1.03. The number of β-amino-alcohol motifs (C(OH)–C–C–N with tert-alkyl or cyclic N) is 1. The van der Waals surface area contributed by atoms with E-state index in [4.69, 9.17) is 32.7 Å². The van der Waals surface area contributed by atoms with Crippen LogP contribution in [-0.2, 0) is 14.3 Å². The third-order valence-corrected chi connectivity index (χ3v) is 5.77. The minimum absolute atomic E-state index is 0.0380. The second-order valence-corrected chi connectivity index (χ2v) is 8.68. The molecule has 2 aliphatic rings. The quantitative estimate of drug-likeness (QED) is 0.707. The van der Waals surface area contributed by atoms with E-state index < -0.39 is 6.10 Å². The number of nitrogens with one attached hydrogen (secondary N) is 1. The lowest BCUT2D eigenvalue weighted by molar-refractivity contribution is -0.150. The van der Waals surface area contributed by atoms with Gasteiger partial charge in [-0.2, -0.15) is 0 Å². The van der Waals surface area contributed by atoms with Crippen molar-refractivity contribution in [3.8, 4) is 0 Å². The van der Waals surface area contributed by atoms with E-state index >= 15 is 0 Å². The van der Waals surface area contributed by atoms with Crippen molar-refractivity contribution < 1.29 is 24.2 Å². The number of aliphatic hydroxyl groups excluding tert-OH is 1. The Balaban J connectivity index is 1.75. The molecule has 2 fully saturated rings. The van der Waals surface area contributed by atoms with Gasteiger partial charge in [-0.25, -0.2) is 0 Å². The number of nitrogens with zero attached hydrogens (tertiary/aromatic N) is 1. The summed E-state index contributed by atoms with van der Waals surface area (Å²) in [6.45, 7) is 3.11. The van der Waals surface area contributed by atoms with Crippen LogP contribution in [0.3, 0.4) is 0 Å². The Hall–Kier alpha value is -1.38. The number of halogens is 2. The summed E-state index contributed by atoms with van der Waals surface area (Å²) in [5, 5.41) is 13.9. The molecule has 0 radical (unpaired) electrons. The summed E-state index contributed by atoms with van der Waals surface area (Å²) in [5.41, 5.74) is 0.362. The number of amides is 2. The second kappa shape index (κ2) is 10.8. The summed E-state index contributed by atoms with van der Waals surface area (Å²) >= 11 is 12.1. The van der Waals surface area contributed by atoms with Gasteiger partial charge in [0.15, 0.2) is 0 Å². The molecule has 0 unspecified atom stereocenters. The van der Waals surface area contributed by atoms with E-state index in [-0.39, 0.29) is 56.2 Å². The second-order valence-electron chi connectivity index (χ2n) is 7.80. The number of rotatable bonds is 5. The summed E-state index contributed by atoms with van der Waals surface area (Å²) in [6, 6.07) is 4.42. The Bertz CT molecular complexity index is 743. The van der Waals surface area contributed by atoms with Gasteiger partial charge >= 0.3 is 0 Å². The van der Waals surface area contributed by atoms with E-state index in [0.29, 0.717) is 35.0 Å². The van der Waals surface area contributed by atoms with E-state index in [9.17, 15) is 14.7 Å². The van der Waals surface area contributed by atoms with Gasteiger partial charge in [0, 0.05) is 28.7 Å². The highest BCUT2D eigenvalue weighted by Gasteiger charge is 2.40. The highest BCUT2D eigenvalue weighted by Crippen LogP contribution is 2.29. The average molecular weight is 459 g/mol. The number of ether oxygens (including phenoxy) is 2. The Morgan fingerprint density at radius 3 is 2.63 bits per heavy atom. The zero-order valence-corrected chi connectivity index (χ0v) is 18.5. The number of fused-ring (bicyclic) bond motifs is 1. The predicted octanol–water partition coefficient (Wildman–Crippen LogP) is 2.66. The molecule has 3 rings (SSSR count). The van der Waals surface area contributed by atoms with E-state index in [1.54, 1.807) is 23.1 Å². The Labute approximate surface area is 186 Å². The van der Waals surface area contributed by atoms with Gasteiger partial charge in [-0.15, -0.1) is 0 Å². The molecule has 0 aromatic heterocycles. The van der Waals surface area contributed by atoms with Crippen molar-refractivity contribution >= 4 is 35.0 Å². The van der Waals surface area contributed by atoms with Crippen LogP contribution < -0.4 is 5.32 Å². The third-order valence-electron chi connectivity index (χ3n) is 5.34. The standard InChI is InChI=1S/C21H28Cl2N2O5/c1-2-5-24-20(27)9-17-3-4-18-19(30-17)12-29-11-16(26)10-25(18)21(28)13-6-14(22)8-15(23)7-13/h6-8,16-19,26H,2-5,9-12H2,1H3,(H,24,27)/t16-,17-,18-,19+/m1/s1. The van der Waals surface area contributed by atoms with Gasteiger partial charge < -0.3 is 24.8 Å². The Morgan fingerprint density at radius 2 is 1.93 bits per heavy atom. The number of hydrogen-bond donors (Lipinski definition) is 2. The minimum atomic E-state index is -0.804. The fraction of sp³-hybridized carbons (Fsp3) is 0.619. The summed E-state index contributed by atoms with van der Waals surface area (Å²) in [7, 11) is 0. The predicted molar refractivity (Wildman–Crippen MR) is 114 cm³/mol. The molecule has 9 heteroatoms. The zero-order valence-electron chi connectivity index (χ0n) is 17.0. The molecule has 0 bridgehead atoms. The van der Waals surface area contributed by atoms with Crippen LogP contribution in [0, 0.1) is 0 Å². The van der Waals surface area contributed by atoms with Gasteiger partial charge in [0.05, 0.1) is 37.9 Å². The molecule has 2 saturated heterocycles. The number of carbonyl (C=O) groups is 2. The van der Waals surface area contributed by atoms with Gasteiger partial charge in [0.2, 0.25) is 5.91 Å². The summed E-state index contributed by atoms with van der Waals surface area (Å²) in [5.74, 6) is -0.304. The topological polar surface area (TPSA) is 88.1 Å². The maximum Gasteiger partial charge on any atom is 0.254 e. The molecule has 7 nitrogen and oxygen atoms in total. The highest BCUT2D eigenvalue weighted by molar-refractivity contribution is 6.35. The van der Waals surface area contributed by atoms with Crippen molar-refractivity contribution in [2.75, 3.05) is 26.3 Å². The molecule has 166 valence electrons. The molecule has 2 aliphatic heterocycles.